The summed E-state index contributed by atoms with van der Waals surface area (Å²) in [6, 6.07) is 8.96. The molecule has 1 aromatic carbocycles. The van der Waals surface area contributed by atoms with E-state index in [4.69, 9.17) is 0 Å². The lowest BCUT2D eigenvalue weighted by Crippen LogP contribution is -2.31. The summed E-state index contributed by atoms with van der Waals surface area (Å²) in [5, 5.41) is 0. The van der Waals surface area contributed by atoms with Crippen LogP contribution in [0.4, 0.5) is 0 Å². The van der Waals surface area contributed by atoms with Gasteiger partial charge in [0.2, 0.25) is 0 Å². The summed E-state index contributed by atoms with van der Waals surface area (Å²) < 4.78 is 0. The Bertz CT molecular complexity index is 420. The zero-order valence-electron chi connectivity index (χ0n) is 10.3. The van der Waals surface area contributed by atoms with Crippen molar-refractivity contribution in [2.24, 2.45) is 5.92 Å². The maximum atomic E-state index is 11.7. The fraction of sp³-hybridized carbons (Fsp3) is 0.357. The predicted octanol–water partition coefficient (Wildman–Crippen LogP) is 2.15. The molecule has 0 bridgehead atoms. The number of hydrogen-bond donors (Lipinski definition) is 0. The third-order valence-corrected chi connectivity index (χ3v) is 2.81. The molecule has 0 aliphatic carbocycles. The second-order valence-corrected chi connectivity index (χ2v) is 4.20. The van der Waals surface area contributed by atoms with Gasteiger partial charge in [-0.2, -0.15) is 0 Å². The highest BCUT2D eigenvalue weighted by Gasteiger charge is 2.33. The Hall–Kier alpha value is -1.77. The molecule has 0 heterocycles. The molecule has 17 heavy (non-hydrogen) atoms. The lowest BCUT2D eigenvalue weighted by atomic mass is 9.79. The van der Waals surface area contributed by atoms with Gasteiger partial charge in [-0.1, -0.05) is 30.3 Å². The average molecular weight is 232 g/mol. The van der Waals surface area contributed by atoms with Crippen LogP contribution in [-0.2, 0) is 14.4 Å². The fourth-order valence-electron chi connectivity index (χ4n) is 2.08. The maximum absolute atomic E-state index is 11.7. The van der Waals surface area contributed by atoms with Gasteiger partial charge in [-0.25, -0.2) is 0 Å². The van der Waals surface area contributed by atoms with Crippen molar-refractivity contribution in [1.82, 2.24) is 0 Å². The maximum Gasteiger partial charge on any atom is 0.141 e. The van der Waals surface area contributed by atoms with Crippen LogP contribution in [0.25, 0.3) is 0 Å². The molecule has 0 aromatic heterocycles. The van der Waals surface area contributed by atoms with E-state index in [0.717, 1.165) is 5.56 Å². The van der Waals surface area contributed by atoms with E-state index in [9.17, 15) is 14.4 Å². The van der Waals surface area contributed by atoms with E-state index in [1.54, 1.807) is 24.3 Å². The Morgan fingerprint density at radius 3 is 1.65 bits per heavy atom. The summed E-state index contributed by atoms with van der Waals surface area (Å²) in [6.45, 7) is 4.12. The van der Waals surface area contributed by atoms with E-state index in [2.05, 4.69) is 0 Å². The number of Topliss-reactive ketones (excluding diaryl/α,β-unsaturated/α-hetero) is 3. The van der Waals surface area contributed by atoms with Crippen LogP contribution in [0, 0.1) is 5.92 Å². The lowest BCUT2D eigenvalue weighted by Gasteiger charge is -2.21. The molecule has 1 aromatic rings. The van der Waals surface area contributed by atoms with Crippen molar-refractivity contribution in [1.29, 1.82) is 0 Å². The van der Waals surface area contributed by atoms with Gasteiger partial charge in [-0.05, 0) is 26.3 Å². The van der Waals surface area contributed by atoms with Crippen LogP contribution in [0.5, 0.6) is 0 Å². The molecule has 0 radical (unpaired) electrons. The molecule has 0 spiro atoms. The van der Waals surface area contributed by atoms with Crippen LogP contribution in [0.3, 0.4) is 0 Å². The fourth-order valence-corrected chi connectivity index (χ4v) is 2.08. The first-order chi connectivity index (χ1) is 7.95. The van der Waals surface area contributed by atoms with E-state index in [-0.39, 0.29) is 17.3 Å². The van der Waals surface area contributed by atoms with Gasteiger partial charge >= 0.3 is 0 Å². The van der Waals surface area contributed by atoms with Gasteiger partial charge in [0.1, 0.15) is 17.3 Å². The number of ketones is 3. The molecular formula is C14H16O3. The van der Waals surface area contributed by atoms with E-state index in [1.807, 2.05) is 6.07 Å². The number of carbonyl (C=O) groups excluding carboxylic acids is 3. The van der Waals surface area contributed by atoms with Gasteiger partial charge in [0.05, 0.1) is 11.8 Å². The minimum atomic E-state index is -0.866. The summed E-state index contributed by atoms with van der Waals surface area (Å²) in [5.74, 6) is -2.21. The zero-order chi connectivity index (χ0) is 13.0. The molecule has 3 nitrogen and oxygen atoms in total. The summed E-state index contributed by atoms with van der Waals surface area (Å²) in [6.07, 6.45) is 0. The highest BCUT2D eigenvalue weighted by Crippen LogP contribution is 2.27. The van der Waals surface area contributed by atoms with Crippen molar-refractivity contribution in [2.75, 3.05) is 0 Å². The Morgan fingerprint density at radius 2 is 1.29 bits per heavy atom. The van der Waals surface area contributed by atoms with Gasteiger partial charge in [0, 0.05) is 0 Å². The Morgan fingerprint density at radius 1 is 0.824 bits per heavy atom. The molecular weight excluding hydrogens is 216 g/mol. The Kier molecular flexibility index (Phi) is 4.32. The topological polar surface area (TPSA) is 51.2 Å². The number of carbonyl (C=O) groups is 3. The molecule has 1 rings (SSSR count). The molecule has 1 unspecified atom stereocenters. The molecule has 90 valence electrons. The normalized spacial score (nSPS) is 12.2. The van der Waals surface area contributed by atoms with Crippen molar-refractivity contribution in [2.45, 2.75) is 26.7 Å². The molecule has 0 N–H and O–H groups in total. The van der Waals surface area contributed by atoms with Crippen molar-refractivity contribution in [3.05, 3.63) is 35.9 Å². The monoisotopic (exact) mass is 232 g/mol. The first-order valence-corrected chi connectivity index (χ1v) is 5.51. The third kappa shape index (κ3) is 3.09. The molecule has 0 fully saturated rings. The highest BCUT2D eigenvalue weighted by atomic mass is 16.2. The Labute approximate surface area is 101 Å². The molecule has 0 saturated heterocycles. The van der Waals surface area contributed by atoms with Gasteiger partial charge in [-0.15, -0.1) is 0 Å². The predicted molar refractivity (Wildman–Crippen MR) is 64.7 cm³/mol. The van der Waals surface area contributed by atoms with Crippen LogP contribution < -0.4 is 0 Å². The zero-order valence-corrected chi connectivity index (χ0v) is 10.3. The largest absolute Gasteiger partial charge is 0.299 e. The standard InChI is InChI=1S/C14H16O3/c1-9(15)13(10(2)16)14(11(3)17)12-7-5-4-6-8-12/h4-8,13-14H,1-3H3. The minimum Gasteiger partial charge on any atom is -0.299 e. The molecule has 0 aliphatic heterocycles. The SMILES string of the molecule is CC(=O)C(C(C)=O)C(C(C)=O)c1ccccc1. The second-order valence-electron chi connectivity index (χ2n) is 4.20. The van der Waals surface area contributed by atoms with E-state index in [0.29, 0.717) is 0 Å². The van der Waals surface area contributed by atoms with Crippen LogP contribution in [0.15, 0.2) is 30.3 Å². The first-order valence-electron chi connectivity index (χ1n) is 5.51. The van der Waals surface area contributed by atoms with Crippen LogP contribution in [0.1, 0.15) is 32.3 Å². The van der Waals surface area contributed by atoms with Crippen LogP contribution in [-0.4, -0.2) is 17.3 Å². The van der Waals surface area contributed by atoms with E-state index >= 15 is 0 Å². The van der Waals surface area contributed by atoms with Gasteiger partial charge in [0.15, 0.2) is 0 Å². The summed E-state index contributed by atoms with van der Waals surface area (Å²) in [7, 11) is 0. The number of benzene rings is 1. The quantitative estimate of drug-likeness (QED) is 0.731. The van der Waals surface area contributed by atoms with Crippen molar-refractivity contribution in [3.8, 4) is 0 Å². The minimum absolute atomic E-state index is 0.161. The van der Waals surface area contributed by atoms with Crippen molar-refractivity contribution < 1.29 is 14.4 Å². The summed E-state index contributed by atoms with van der Waals surface area (Å²) >= 11 is 0. The van der Waals surface area contributed by atoms with Crippen molar-refractivity contribution in [3.63, 3.8) is 0 Å². The molecule has 0 saturated carbocycles. The van der Waals surface area contributed by atoms with E-state index in [1.165, 1.54) is 20.8 Å². The van der Waals surface area contributed by atoms with Gasteiger partial charge < -0.3 is 0 Å². The lowest BCUT2D eigenvalue weighted by molar-refractivity contribution is -0.135. The van der Waals surface area contributed by atoms with Crippen molar-refractivity contribution >= 4 is 17.3 Å². The van der Waals surface area contributed by atoms with Gasteiger partial charge in [0.25, 0.3) is 0 Å². The Balaban J connectivity index is 3.22. The number of rotatable bonds is 5. The molecule has 0 amide bonds. The first kappa shape index (κ1) is 13.3. The van der Waals surface area contributed by atoms with Crippen LogP contribution >= 0.6 is 0 Å². The van der Waals surface area contributed by atoms with Crippen LogP contribution in [0.2, 0.25) is 0 Å². The van der Waals surface area contributed by atoms with Gasteiger partial charge in [-0.3, -0.25) is 14.4 Å². The average Bonchev–Trinajstić information content (AvgIpc) is 2.25. The summed E-state index contributed by atoms with van der Waals surface area (Å²) in [5.41, 5.74) is 0.718. The molecule has 3 heteroatoms. The number of hydrogen-bond acceptors (Lipinski definition) is 3. The second kappa shape index (κ2) is 5.53. The highest BCUT2D eigenvalue weighted by molar-refractivity contribution is 6.06. The third-order valence-electron chi connectivity index (χ3n) is 2.81. The molecule has 1 atom stereocenters. The smallest absolute Gasteiger partial charge is 0.141 e. The van der Waals surface area contributed by atoms with E-state index < -0.39 is 11.8 Å². The summed E-state index contributed by atoms with van der Waals surface area (Å²) in [4.78, 5) is 34.8. The molecule has 0 aliphatic rings.